The predicted molar refractivity (Wildman–Crippen MR) is 88.6 cm³/mol. The maximum atomic E-state index is 13.4. The SMILES string of the molecule is Cc1cc(F)cc2[nH]c(C(=O)NCC(O)CN3CCOCC3)cc12. The smallest absolute Gasteiger partial charge is 0.267 e. The standard InChI is InChI=1S/C17H22FN3O3/c1-11-6-12(18)7-15-14(11)8-16(20-15)17(23)19-9-13(22)10-21-2-4-24-5-3-21/h6-8,13,20,22H,2-5,9-10H2,1H3,(H,19,23). The number of carbonyl (C=O) groups excluding carboxylic acids is 1. The first-order valence-corrected chi connectivity index (χ1v) is 8.08. The molecule has 1 fully saturated rings. The van der Waals surface area contributed by atoms with Crippen molar-refractivity contribution in [2.24, 2.45) is 0 Å². The van der Waals surface area contributed by atoms with Gasteiger partial charge in [-0.15, -0.1) is 0 Å². The summed E-state index contributed by atoms with van der Waals surface area (Å²) in [6.45, 7) is 5.39. The molecule has 1 aliphatic rings. The molecule has 1 amide bonds. The Balaban J connectivity index is 1.57. The van der Waals surface area contributed by atoms with Crippen LogP contribution in [0.3, 0.4) is 0 Å². The molecule has 0 saturated carbocycles. The Morgan fingerprint density at radius 1 is 1.42 bits per heavy atom. The number of hydrogen-bond donors (Lipinski definition) is 3. The van der Waals surface area contributed by atoms with Crippen molar-refractivity contribution in [3.63, 3.8) is 0 Å². The Hall–Kier alpha value is -1.96. The van der Waals surface area contributed by atoms with E-state index in [2.05, 4.69) is 15.2 Å². The van der Waals surface area contributed by atoms with Crippen LogP contribution in [0.4, 0.5) is 4.39 Å². The molecule has 2 aromatic rings. The number of H-pyrrole nitrogens is 1. The maximum Gasteiger partial charge on any atom is 0.267 e. The molecule has 7 heteroatoms. The van der Waals surface area contributed by atoms with Crippen LogP contribution in [0.25, 0.3) is 10.9 Å². The number of morpholine rings is 1. The number of aryl methyl sites for hydroxylation is 1. The third-order valence-corrected chi connectivity index (χ3v) is 4.23. The van der Waals surface area contributed by atoms with Gasteiger partial charge in [0, 0.05) is 37.1 Å². The molecule has 6 nitrogen and oxygen atoms in total. The number of nitrogens with one attached hydrogen (secondary N) is 2. The molecule has 0 radical (unpaired) electrons. The van der Waals surface area contributed by atoms with Crippen molar-refractivity contribution in [1.29, 1.82) is 0 Å². The van der Waals surface area contributed by atoms with Crippen LogP contribution >= 0.6 is 0 Å². The average Bonchev–Trinajstić information content (AvgIpc) is 2.98. The van der Waals surface area contributed by atoms with E-state index in [-0.39, 0.29) is 18.3 Å². The summed E-state index contributed by atoms with van der Waals surface area (Å²) in [5, 5.41) is 13.6. The largest absolute Gasteiger partial charge is 0.390 e. The van der Waals surface area contributed by atoms with Gasteiger partial charge in [0.15, 0.2) is 0 Å². The molecular formula is C17H22FN3O3. The summed E-state index contributed by atoms with van der Waals surface area (Å²) in [7, 11) is 0. The summed E-state index contributed by atoms with van der Waals surface area (Å²) >= 11 is 0. The van der Waals surface area contributed by atoms with E-state index in [0.29, 0.717) is 31.0 Å². The van der Waals surface area contributed by atoms with Gasteiger partial charge in [0.05, 0.1) is 19.3 Å². The van der Waals surface area contributed by atoms with Crippen LogP contribution in [0.5, 0.6) is 0 Å². The van der Waals surface area contributed by atoms with Gasteiger partial charge < -0.3 is 20.1 Å². The number of hydrogen-bond acceptors (Lipinski definition) is 4. The number of rotatable bonds is 5. The number of aliphatic hydroxyl groups is 1. The van der Waals surface area contributed by atoms with Crippen molar-refractivity contribution < 1.29 is 19.0 Å². The Morgan fingerprint density at radius 2 is 2.17 bits per heavy atom. The molecule has 1 aliphatic heterocycles. The van der Waals surface area contributed by atoms with Crippen molar-refractivity contribution in [2.45, 2.75) is 13.0 Å². The number of aliphatic hydroxyl groups excluding tert-OH is 1. The first-order valence-electron chi connectivity index (χ1n) is 8.08. The summed E-state index contributed by atoms with van der Waals surface area (Å²) in [5.41, 5.74) is 1.72. The minimum Gasteiger partial charge on any atom is -0.390 e. The Morgan fingerprint density at radius 3 is 2.92 bits per heavy atom. The highest BCUT2D eigenvalue weighted by atomic mass is 19.1. The van der Waals surface area contributed by atoms with Crippen molar-refractivity contribution in [1.82, 2.24) is 15.2 Å². The summed E-state index contributed by atoms with van der Waals surface area (Å²) in [6.07, 6.45) is -0.643. The van der Waals surface area contributed by atoms with Crippen molar-refractivity contribution in [2.75, 3.05) is 39.4 Å². The number of halogens is 1. The number of nitrogens with zero attached hydrogens (tertiary/aromatic N) is 1. The molecule has 1 atom stereocenters. The molecule has 130 valence electrons. The van der Waals surface area contributed by atoms with Crippen molar-refractivity contribution in [3.8, 4) is 0 Å². The topological polar surface area (TPSA) is 77.6 Å². The van der Waals surface area contributed by atoms with Gasteiger partial charge in [0.1, 0.15) is 11.5 Å². The molecule has 0 aliphatic carbocycles. The number of carbonyl (C=O) groups is 1. The number of aromatic nitrogens is 1. The average molecular weight is 335 g/mol. The number of benzene rings is 1. The molecule has 3 N–H and O–H groups in total. The number of ether oxygens (including phenoxy) is 1. The number of β-amino-alcohol motifs (C(OH)–C–C–N with tert-alkyl or cyclic N) is 1. The van der Waals surface area contributed by atoms with E-state index in [4.69, 9.17) is 4.74 Å². The Bertz CT molecular complexity index is 725. The van der Waals surface area contributed by atoms with Crippen LogP contribution < -0.4 is 5.32 Å². The van der Waals surface area contributed by atoms with Gasteiger partial charge in [-0.1, -0.05) is 0 Å². The second-order valence-electron chi connectivity index (χ2n) is 6.14. The van der Waals surface area contributed by atoms with E-state index in [1.807, 2.05) is 0 Å². The minimum absolute atomic E-state index is 0.166. The number of amides is 1. The highest BCUT2D eigenvalue weighted by molar-refractivity contribution is 5.98. The van der Waals surface area contributed by atoms with Gasteiger partial charge in [0.2, 0.25) is 0 Å². The fraction of sp³-hybridized carbons (Fsp3) is 0.471. The van der Waals surface area contributed by atoms with Crippen LogP contribution in [0.1, 0.15) is 16.1 Å². The monoisotopic (exact) mass is 335 g/mol. The predicted octanol–water partition coefficient (Wildman–Crippen LogP) is 1.04. The molecule has 2 heterocycles. The summed E-state index contributed by atoms with van der Waals surface area (Å²) in [5.74, 6) is -0.651. The van der Waals surface area contributed by atoms with Gasteiger partial charge >= 0.3 is 0 Å². The van der Waals surface area contributed by atoms with Gasteiger partial charge in [0.25, 0.3) is 5.91 Å². The molecule has 24 heavy (non-hydrogen) atoms. The van der Waals surface area contributed by atoms with Crippen LogP contribution in [0.15, 0.2) is 18.2 Å². The normalized spacial score (nSPS) is 17.1. The van der Waals surface area contributed by atoms with Crippen LogP contribution in [-0.2, 0) is 4.74 Å². The molecule has 0 bridgehead atoms. The van der Waals surface area contributed by atoms with Crippen molar-refractivity contribution >= 4 is 16.8 Å². The van der Waals surface area contributed by atoms with Gasteiger partial charge in [-0.3, -0.25) is 9.69 Å². The van der Waals surface area contributed by atoms with Gasteiger partial charge in [-0.2, -0.15) is 0 Å². The molecular weight excluding hydrogens is 313 g/mol. The van der Waals surface area contributed by atoms with E-state index < -0.39 is 6.10 Å². The molecule has 3 rings (SSSR count). The highest BCUT2D eigenvalue weighted by Gasteiger charge is 2.17. The quantitative estimate of drug-likeness (QED) is 0.763. The lowest BCUT2D eigenvalue weighted by Gasteiger charge is -2.28. The summed E-state index contributed by atoms with van der Waals surface area (Å²) < 4.78 is 18.7. The Labute approximate surface area is 139 Å². The second-order valence-corrected chi connectivity index (χ2v) is 6.14. The minimum atomic E-state index is -0.643. The van der Waals surface area contributed by atoms with E-state index in [1.54, 1.807) is 13.0 Å². The van der Waals surface area contributed by atoms with Crippen LogP contribution in [-0.4, -0.2) is 66.4 Å². The zero-order chi connectivity index (χ0) is 17.1. The van der Waals surface area contributed by atoms with Crippen molar-refractivity contribution in [3.05, 3.63) is 35.3 Å². The first-order chi connectivity index (χ1) is 11.5. The first kappa shape index (κ1) is 16.9. The summed E-state index contributed by atoms with van der Waals surface area (Å²) in [4.78, 5) is 17.3. The molecule has 1 aromatic heterocycles. The van der Waals surface area contributed by atoms with Gasteiger partial charge in [-0.05, 0) is 30.7 Å². The lowest BCUT2D eigenvalue weighted by atomic mass is 10.1. The molecule has 1 saturated heterocycles. The van der Waals surface area contributed by atoms with Gasteiger partial charge in [-0.25, -0.2) is 4.39 Å². The zero-order valence-corrected chi connectivity index (χ0v) is 13.6. The van der Waals surface area contributed by atoms with Crippen LogP contribution in [0.2, 0.25) is 0 Å². The Kier molecular flexibility index (Phi) is 5.13. The van der Waals surface area contributed by atoms with Crippen LogP contribution in [0, 0.1) is 12.7 Å². The fourth-order valence-corrected chi connectivity index (χ4v) is 2.95. The summed E-state index contributed by atoms with van der Waals surface area (Å²) in [6, 6.07) is 4.50. The highest BCUT2D eigenvalue weighted by Crippen LogP contribution is 2.21. The number of aromatic amines is 1. The molecule has 1 unspecified atom stereocenters. The lowest BCUT2D eigenvalue weighted by molar-refractivity contribution is 0.0149. The van der Waals surface area contributed by atoms with E-state index in [1.165, 1.54) is 12.1 Å². The molecule has 1 aromatic carbocycles. The fourth-order valence-electron chi connectivity index (χ4n) is 2.95. The molecule has 0 spiro atoms. The third-order valence-electron chi connectivity index (χ3n) is 4.23. The van der Waals surface area contributed by atoms with E-state index in [9.17, 15) is 14.3 Å². The zero-order valence-electron chi connectivity index (χ0n) is 13.6. The second kappa shape index (κ2) is 7.29. The number of fused-ring (bicyclic) bond motifs is 1. The van der Waals surface area contributed by atoms with E-state index >= 15 is 0 Å². The van der Waals surface area contributed by atoms with E-state index in [0.717, 1.165) is 24.0 Å². The lowest BCUT2D eigenvalue weighted by Crippen LogP contribution is -2.44. The maximum absolute atomic E-state index is 13.4. The third kappa shape index (κ3) is 3.92.